The number of nitrogens with one attached hydrogen (secondary N) is 1. The summed E-state index contributed by atoms with van der Waals surface area (Å²) in [5.41, 5.74) is 2.56. The number of likely N-dealkylation sites (N-methyl/N-ethyl adjacent to an activating group) is 1. The van der Waals surface area contributed by atoms with E-state index in [1.54, 1.807) is 0 Å². The quantitative estimate of drug-likeness (QED) is 0.891. The van der Waals surface area contributed by atoms with Gasteiger partial charge in [0.15, 0.2) is 0 Å². The van der Waals surface area contributed by atoms with Crippen molar-refractivity contribution >= 4 is 5.82 Å². The van der Waals surface area contributed by atoms with E-state index in [0.29, 0.717) is 6.04 Å². The van der Waals surface area contributed by atoms with Gasteiger partial charge in [0.05, 0.1) is 0 Å². The number of aromatic nitrogens is 1. The Bertz CT molecular complexity index is 422. The summed E-state index contributed by atoms with van der Waals surface area (Å²) in [6, 6.07) is 2.78. The molecule has 1 aromatic heterocycles. The molecule has 4 nitrogen and oxygen atoms in total. The smallest absolute Gasteiger partial charge is 0.131 e. The minimum atomic E-state index is 0.511. The van der Waals surface area contributed by atoms with Gasteiger partial charge in [-0.1, -0.05) is 20.8 Å². The highest BCUT2D eigenvalue weighted by Gasteiger charge is 2.18. The van der Waals surface area contributed by atoms with Crippen LogP contribution in [0.25, 0.3) is 0 Å². The van der Waals surface area contributed by atoms with Crippen molar-refractivity contribution < 1.29 is 0 Å². The molecule has 0 amide bonds. The lowest BCUT2D eigenvalue weighted by Gasteiger charge is -2.35. The molecule has 1 fully saturated rings. The molecule has 0 bridgehead atoms. The highest BCUT2D eigenvalue weighted by atomic mass is 15.3. The Balaban J connectivity index is 1.99. The molecule has 0 aromatic carbocycles. The fraction of sp³-hybridized carbons (Fsp3) is 0.688. The standard InChI is InChI=1S/C16H28N4/c1-5-19-6-8-20(9-7-19)16-14(4)10-15(12-18-16)11-17-13(2)3/h10,12-13,17H,5-9,11H2,1-4H3. The summed E-state index contributed by atoms with van der Waals surface area (Å²) in [6.45, 7) is 15.3. The second-order valence-electron chi connectivity index (χ2n) is 5.94. The topological polar surface area (TPSA) is 31.4 Å². The molecular weight excluding hydrogens is 248 g/mol. The highest BCUT2D eigenvalue weighted by molar-refractivity contribution is 5.47. The Morgan fingerprint density at radius 1 is 1.25 bits per heavy atom. The van der Waals surface area contributed by atoms with Gasteiger partial charge in [0.2, 0.25) is 0 Å². The molecule has 1 N–H and O–H groups in total. The van der Waals surface area contributed by atoms with Crippen molar-refractivity contribution in [2.75, 3.05) is 37.6 Å². The molecule has 4 heteroatoms. The zero-order valence-electron chi connectivity index (χ0n) is 13.3. The number of hydrogen-bond donors (Lipinski definition) is 1. The van der Waals surface area contributed by atoms with Crippen LogP contribution >= 0.6 is 0 Å². The Labute approximate surface area is 123 Å². The van der Waals surface area contributed by atoms with E-state index in [-0.39, 0.29) is 0 Å². The van der Waals surface area contributed by atoms with E-state index < -0.39 is 0 Å². The summed E-state index contributed by atoms with van der Waals surface area (Å²) in [5, 5.41) is 3.44. The van der Waals surface area contributed by atoms with E-state index in [4.69, 9.17) is 4.98 Å². The third-order valence-corrected chi connectivity index (χ3v) is 3.94. The van der Waals surface area contributed by atoms with Gasteiger partial charge in [-0.15, -0.1) is 0 Å². The van der Waals surface area contributed by atoms with Gasteiger partial charge in [0.25, 0.3) is 0 Å². The molecule has 112 valence electrons. The van der Waals surface area contributed by atoms with Crippen LogP contribution < -0.4 is 10.2 Å². The van der Waals surface area contributed by atoms with E-state index in [2.05, 4.69) is 48.9 Å². The summed E-state index contributed by atoms with van der Waals surface area (Å²) in [5.74, 6) is 1.16. The maximum atomic E-state index is 4.70. The zero-order valence-corrected chi connectivity index (χ0v) is 13.3. The molecule has 0 radical (unpaired) electrons. The summed E-state index contributed by atoms with van der Waals surface area (Å²) in [7, 11) is 0. The number of piperazine rings is 1. The van der Waals surface area contributed by atoms with Crippen LogP contribution in [0, 0.1) is 6.92 Å². The maximum Gasteiger partial charge on any atom is 0.131 e. The molecule has 2 heterocycles. The first kappa shape index (κ1) is 15.3. The van der Waals surface area contributed by atoms with Crippen LogP contribution in [0.4, 0.5) is 5.82 Å². The molecule has 1 aliphatic heterocycles. The predicted molar refractivity (Wildman–Crippen MR) is 85.3 cm³/mol. The first-order chi connectivity index (χ1) is 9.60. The van der Waals surface area contributed by atoms with Crippen molar-refractivity contribution in [2.45, 2.75) is 40.3 Å². The molecule has 0 unspecified atom stereocenters. The third kappa shape index (κ3) is 3.93. The van der Waals surface area contributed by atoms with Gasteiger partial charge in [0, 0.05) is 45.0 Å². The van der Waals surface area contributed by atoms with Crippen LogP contribution in [0.15, 0.2) is 12.3 Å². The molecule has 0 spiro atoms. The molecule has 1 aromatic rings. The van der Waals surface area contributed by atoms with Crippen LogP contribution in [0.2, 0.25) is 0 Å². The molecule has 0 atom stereocenters. The number of anilines is 1. The zero-order chi connectivity index (χ0) is 14.5. The lowest BCUT2D eigenvalue weighted by molar-refractivity contribution is 0.270. The average Bonchev–Trinajstić information content (AvgIpc) is 2.45. The Hall–Kier alpha value is -1.13. The first-order valence-electron chi connectivity index (χ1n) is 7.76. The van der Waals surface area contributed by atoms with E-state index in [9.17, 15) is 0 Å². The van der Waals surface area contributed by atoms with Gasteiger partial charge in [-0.2, -0.15) is 0 Å². The summed E-state index contributed by atoms with van der Waals surface area (Å²) in [4.78, 5) is 9.61. The van der Waals surface area contributed by atoms with Crippen LogP contribution in [0.1, 0.15) is 31.9 Å². The molecule has 0 saturated carbocycles. The van der Waals surface area contributed by atoms with Gasteiger partial charge in [-0.3, -0.25) is 0 Å². The molecule has 2 rings (SSSR count). The average molecular weight is 276 g/mol. The lowest BCUT2D eigenvalue weighted by Crippen LogP contribution is -2.46. The fourth-order valence-electron chi connectivity index (χ4n) is 2.65. The van der Waals surface area contributed by atoms with Crippen LogP contribution in [-0.4, -0.2) is 48.6 Å². The van der Waals surface area contributed by atoms with Crippen molar-refractivity contribution in [1.29, 1.82) is 0 Å². The molecule has 0 aliphatic carbocycles. The van der Waals surface area contributed by atoms with Gasteiger partial charge >= 0.3 is 0 Å². The SMILES string of the molecule is CCN1CCN(c2ncc(CNC(C)C)cc2C)CC1. The second-order valence-corrected chi connectivity index (χ2v) is 5.94. The minimum Gasteiger partial charge on any atom is -0.354 e. The largest absolute Gasteiger partial charge is 0.354 e. The molecular formula is C16H28N4. The summed E-state index contributed by atoms with van der Waals surface area (Å²) in [6.07, 6.45) is 2.02. The number of hydrogen-bond acceptors (Lipinski definition) is 4. The van der Waals surface area contributed by atoms with E-state index in [1.165, 1.54) is 11.1 Å². The molecule has 20 heavy (non-hydrogen) atoms. The lowest BCUT2D eigenvalue weighted by atomic mass is 10.1. The summed E-state index contributed by atoms with van der Waals surface area (Å²) < 4.78 is 0. The second kappa shape index (κ2) is 7.04. The van der Waals surface area contributed by atoms with Crippen molar-refractivity contribution in [2.24, 2.45) is 0 Å². The van der Waals surface area contributed by atoms with E-state index in [1.807, 2.05) is 6.20 Å². The fourth-order valence-corrected chi connectivity index (χ4v) is 2.65. The number of nitrogens with zero attached hydrogens (tertiary/aromatic N) is 3. The van der Waals surface area contributed by atoms with Gasteiger partial charge in [0.1, 0.15) is 5.82 Å². The Kier molecular flexibility index (Phi) is 5.38. The Morgan fingerprint density at radius 3 is 2.50 bits per heavy atom. The van der Waals surface area contributed by atoms with Gasteiger partial charge in [-0.25, -0.2) is 4.98 Å². The maximum absolute atomic E-state index is 4.70. The number of rotatable bonds is 5. The number of pyridine rings is 1. The van der Waals surface area contributed by atoms with Crippen LogP contribution in [0.3, 0.4) is 0 Å². The van der Waals surface area contributed by atoms with Gasteiger partial charge < -0.3 is 15.1 Å². The Morgan fingerprint density at radius 2 is 1.95 bits per heavy atom. The van der Waals surface area contributed by atoms with E-state index in [0.717, 1.165) is 45.1 Å². The van der Waals surface area contributed by atoms with Gasteiger partial charge in [-0.05, 0) is 30.7 Å². The normalized spacial score (nSPS) is 16.9. The van der Waals surface area contributed by atoms with Crippen molar-refractivity contribution in [3.05, 3.63) is 23.4 Å². The summed E-state index contributed by atoms with van der Waals surface area (Å²) >= 11 is 0. The highest BCUT2D eigenvalue weighted by Crippen LogP contribution is 2.19. The minimum absolute atomic E-state index is 0.511. The number of aryl methyl sites for hydroxylation is 1. The molecule has 1 aliphatic rings. The van der Waals surface area contributed by atoms with Crippen molar-refractivity contribution in [1.82, 2.24) is 15.2 Å². The van der Waals surface area contributed by atoms with Crippen molar-refractivity contribution in [3.63, 3.8) is 0 Å². The van der Waals surface area contributed by atoms with Crippen LogP contribution in [0.5, 0.6) is 0 Å². The first-order valence-corrected chi connectivity index (χ1v) is 7.76. The van der Waals surface area contributed by atoms with Crippen LogP contribution in [-0.2, 0) is 6.54 Å². The molecule has 1 saturated heterocycles. The monoisotopic (exact) mass is 276 g/mol. The van der Waals surface area contributed by atoms with E-state index >= 15 is 0 Å². The van der Waals surface area contributed by atoms with Crippen molar-refractivity contribution in [3.8, 4) is 0 Å². The predicted octanol–water partition coefficient (Wildman–Crippen LogP) is 2.03. The third-order valence-electron chi connectivity index (χ3n) is 3.94.